The van der Waals surface area contributed by atoms with E-state index in [0.717, 1.165) is 0 Å². The number of aliphatic hydroxyl groups excluding tert-OH is 1. The van der Waals surface area contributed by atoms with Crippen LogP contribution in [-0.4, -0.2) is 52.0 Å². The Morgan fingerprint density at radius 3 is 1.95 bits per heavy atom. The molecule has 0 radical (unpaired) electrons. The number of hydrogen-bond donors (Lipinski definition) is 2. The standard InChI is InChI=1S/C14H31NO6Si/c1-5-18-22(19-6-2,20-7-3)12-8-9-14(4,10-11-16)21-13(15)17/h16H,5-12H2,1-4H3,(H2,15,17). The molecule has 132 valence electrons. The van der Waals surface area contributed by atoms with E-state index < -0.39 is 20.5 Å². The van der Waals surface area contributed by atoms with E-state index in [1.807, 2.05) is 20.8 Å². The summed E-state index contributed by atoms with van der Waals surface area (Å²) >= 11 is 0. The molecule has 1 atom stereocenters. The molecule has 0 aromatic rings. The highest BCUT2D eigenvalue weighted by atomic mass is 28.4. The average Bonchev–Trinajstić information content (AvgIpc) is 2.38. The van der Waals surface area contributed by atoms with Gasteiger partial charge in [-0.05, 0) is 40.5 Å². The zero-order valence-electron chi connectivity index (χ0n) is 14.2. The third-order valence-electron chi connectivity index (χ3n) is 3.27. The normalized spacial score (nSPS) is 14.6. The van der Waals surface area contributed by atoms with Crippen molar-refractivity contribution in [3.8, 4) is 0 Å². The summed E-state index contributed by atoms with van der Waals surface area (Å²) in [6, 6.07) is 0.631. The van der Waals surface area contributed by atoms with Gasteiger partial charge in [0.05, 0.1) is 0 Å². The number of hydrogen-bond acceptors (Lipinski definition) is 6. The van der Waals surface area contributed by atoms with Gasteiger partial charge in [-0.2, -0.15) is 0 Å². The molecule has 0 fully saturated rings. The van der Waals surface area contributed by atoms with Crippen LogP contribution in [0.2, 0.25) is 6.04 Å². The molecule has 3 N–H and O–H groups in total. The van der Waals surface area contributed by atoms with Crippen molar-refractivity contribution in [2.45, 2.75) is 58.6 Å². The summed E-state index contributed by atoms with van der Waals surface area (Å²) in [6.07, 6.45) is 0.746. The van der Waals surface area contributed by atoms with Crippen molar-refractivity contribution in [3.05, 3.63) is 0 Å². The molecule has 7 nitrogen and oxygen atoms in total. The number of rotatable bonds is 13. The molecule has 0 heterocycles. The van der Waals surface area contributed by atoms with Gasteiger partial charge in [0.2, 0.25) is 0 Å². The third kappa shape index (κ3) is 8.09. The van der Waals surface area contributed by atoms with Gasteiger partial charge in [0.25, 0.3) is 0 Å². The van der Waals surface area contributed by atoms with Gasteiger partial charge >= 0.3 is 14.9 Å². The zero-order valence-corrected chi connectivity index (χ0v) is 15.2. The molecule has 0 aliphatic heterocycles. The van der Waals surface area contributed by atoms with Crippen molar-refractivity contribution in [1.82, 2.24) is 0 Å². The molecule has 8 heteroatoms. The Morgan fingerprint density at radius 1 is 1.09 bits per heavy atom. The second-order valence-electron chi connectivity index (χ2n) is 5.18. The highest BCUT2D eigenvalue weighted by Crippen LogP contribution is 2.27. The van der Waals surface area contributed by atoms with Crippen LogP contribution >= 0.6 is 0 Å². The van der Waals surface area contributed by atoms with Crippen molar-refractivity contribution < 1.29 is 27.9 Å². The molecule has 0 aliphatic carbocycles. The molecule has 0 aromatic heterocycles. The van der Waals surface area contributed by atoms with Gasteiger partial charge in [-0.15, -0.1) is 0 Å². The maximum Gasteiger partial charge on any atom is 0.500 e. The zero-order chi connectivity index (χ0) is 17.1. The van der Waals surface area contributed by atoms with Crippen LogP contribution in [0.5, 0.6) is 0 Å². The number of amides is 1. The van der Waals surface area contributed by atoms with E-state index in [-0.39, 0.29) is 6.61 Å². The van der Waals surface area contributed by atoms with Gasteiger partial charge in [0.15, 0.2) is 0 Å². The number of primary amides is 1. The van der Waals surface area contributed by atoms with E-state index in [1.54, 1.807) is 6.92 Å². The lowest BCUT2D eigenvalue weighted by atomic mass is 9.97. The largest absolute Gasteiger partial charge is 0.500 e. The van der Waals surface area contributed by atoms with E-state index in [9.17, 15) is 4.79 Å². The van der Waals surface area contributed by atoms with Gasteiger partial charge in [0, 0.05) is 38.9 Å². The highest BCUT2D eigenvalue weighted by molar-refractivity contribution is 6.60. The van der Waals surface area contributed by atoms with Gasteiger partial charge in [0.1, 0.15) is 5.60 Å². The van der Waals surface area contributed by atoms with Crippen molar-refractivity contribution in [3.63, 3.8) is 0 Å². The summed E-state index contributed by atoms with van der Waals surface area (Å²) in [4.78, 5) is 11.0. The van der Waals surface area contributed by atoms with Crippen LogP contribution in [0.3, 0.4) is 0 Å². The molecule has 0 spiro atoms. The summed E-state index contributed by atoms with van der Waals surface area (Å²) in [6.45, 7) is 8.99. The predicted octanol–water partition coefficient (Wildman–Crippen LogP) is 2.05. The Hall–Kier alpha value is -0.673. The number of carbonyl (C=O) groups excluding carboxylic acids is 1. The van der Waals surface area contributed by atoms with Crippen LogP contribution < -0.4 is 5.73 Å². The molecule has 22 heavy (non-hydrogen) atoms. The average molecular weight is 337 g/mol. The van der Waals surface area contributed by atoms with Crippen LogP contribution in [0.1, 0.15) is 47.0 Å². The third-order valence-corrected chi connectivity index (χ3v) is 6.42. The lowest BCUT2D eigenvalue weighted by Crippen LogP contribution is -2.46. The monoisotopic (exact) mass is 337 g/mol. The Kier molecular flexibility index (Phi) is 10.6. The summed E-state index contributed by atoms with van der Waals surface area (Å²) in [5.41, 5.74) is 4.31. The first-order valence-corrected chi connectivity index (χ1v) is 9.81. The maximum absolute atomic E-state index is 11.0. The molecule has 1 amide bonds. The molecule has 0 aliphatic rings. The highest BCUT2D eigenvalue weighted by Gasteiger charge is 2.40. The fourth-order valence-electron chi connectivity index (χ4n) is 2.39. The van der Waals surface area contributed by atoms with Gasteiger partial charge < -0.3 is 28.9 Å². The predicted molar refractivity (Wildman–Crippen MR) is 85.4 cm³/mol. The van der Waals surface area contributed by atoms with E-state index in [4.69, 9.17) is 28.9 Å². The van der Waals surface area contributed by atoms with Crippen LogP contribution in [0.4, 0.5) is 4.79 Å². The number of nitrogens with two attached hydrogens (primary N) is 1. The number of aliphatic hydroxyl groups is 1. The smallest absolute Gasteiger partial charge is 0.443 e. The molecule has 0 saturated heterocycles. The molecular weight excluding hydrogens is 306 g/mol. The van der Waals surface area contributed by atoms with Crippen LogP contribution in [0.25, 0.3) is 0 Å². The van der Waals surface area contributed by atoms with Gasteiger partial charge in [-0.25, -0.2) is 4.79 Å². The fraction of sp³-hybridized carbons (Fsp3) is 0.929. The Morgan fingerprint density at radius 2 is 1.59 bits per heavy atom. The Balaban J connectivity index is 4.70. The summed E-state index contributed by atoms with van der Waals surface area (Å²) in [5, 5.41) is 9.13. The van der Waals surface area contributed by atoms with E-state index in [1.165, 1.54) is 0 Å². The van der Waals surface area contributed by atoms with Crippen molar-refractivity contribution in [2.75, 3.05) is 26.4 Å². The minimum absolute atomic E-state index is 0.0747. The van der Waals surface area contributed by atoms with Crippen molar-refractivity contribution in [1.29, 1.82) is 0 Å². The molecular formula is C14H31NO6Si. The fourth-order valence-corrected chi connectivity index (χ4v) is 5.00. The second-order valence-corrected chi connectivity index (χ2v) is 7.91. The van der Waals surface area contributed by atoms with E-state index in [0.29, 0.717) is 45.1 Å². The first-order valence-electron chi connectivity index (χ1n) is 7.88. The first kappa shape index (κ1) is 21.3. The van der Waals surface area contributed by atoms with E-state index in [2.05, 4.69) is 0 Å². The lowest BCUT2D eigenvalue weighted by molar-refractivity contribution is 0.00405. The van der Waals surface area contributed by atoms with E-state index >= 15 is 0 Å². The van der Waals surface area contributed by atoms with Gasteiger partial charge in [-0.1, -0.05) is 0 Å². The topological polar surface area (TPSA) is 100 Å². The van der Waals surface area contributed by atoms with Crippen molar-refractivity contribution >= 4 is 14.9 Å². The minimum Gasteiger partial charge on any atom is -0.443 e. The maximum atomic E-state index is 11.0. The number of ether oxygens (including phenoxy) is 1. The van der Waals surface area contributed by atoms with Crippen LogP contribution in [-0.2, 0) is 18.0 Å². The Labute approximate surface area is 134 Å². The lowest BCUT2D eigenvalue weighted by Gasteiger charge is -2.31. The molecule has 0 rings (SSSR count). The van der Waals surface area contributed by atoms with Crippen molar-refractivity contribution in [2.24, 2.45) is 5.73 Å². The second kappa shape index (κ2) is 11.0. The number of carbonyl (C=O) groups is 1. The Bertz CT molecular complexity index is 301. The first-order chi connectivity index (χ1) is 10.4. The molecule has 1 unspecified atom stereocenters. The SMILES string of the molecule is CCO[Si](CCCC(C)(CCO)OC(N)=O)(OCC)OCC. The summed E-state index contributed by atoms with van der Waals surface area (Å²) in [7, 11) is -2.69. The minimum atomic E-state index is -2.69. The van der Waals surface area contributed by atoms with Crippen LogP contribution in [0.15, 0.2) is 0 Å². The molecule has 0 bridgehead atoms. The quantitative estimate of drug-likeness (QED) is 0.499. The summed E-state index contributed by atoms with van der Waals surface area (Å²) in [5.74, 6) is 0. The van der Waals surface area contributed by atoms with Gasteiger partial charge in [-0.3, -0.25) is 0 Å². The van der Waals surface area contributed by atoms with Crippen LogP contribution in [0, 0.1) is 0 Å². The summed E-state index contributed by atoms with van der Waals surface area (Å²) < 4.78 is 22.5. The molecule has 0 aromatic carbocycles. The molecule has 0 saturated carbocycles.